The van der Waals surface area contributed by atoms with Crippen LogP contribution in [-0.2, 0) is 16.6 Å². The topological polar surface area (TPSA) is 81.2 Å². The lowest BCUT2D eigenvalue weighted by Crippen LogP contribution is -2.35. The van der Waals surface area contributed by atoms with Crippen LogP contribution in [0.25, 0.3) is 0 Å². The summed E-state index contributed by atoms with van der Waals surface area (Å²) in [5, 5.41) is 4.29. The molecule has 0 aliphatic carbocycles. The van der Waals surface area contributed by atoms with Gasteiger partial charge in [0.15, 0.2) is 0 Å². The number of nitrogens with two attached hydrogens (primary N) is 1. The molecule has 1 aromatic heterocycles. The van der Waals surface area contributed by atoms with Crippen LogP contribution in [0.1, 0.15) is 24.7 Å². The molecule has 112 valence electrons. The predicted octanol–water partition coefficient (Wildman–Crippen LogP) is 0.799. The summed E-state index contributed by atoms with van der Waals surface area (Å²) in [7, 11) is -3.48. The first-order chi connectivity index (χ1) is 9.37. The fraction of sp³-hybridized carbons (Fsp3) is 0.615. The van der Waals surface area contributed by atoms with Crippen LogP contribution in [0.5, 0.6) is 0 Å². The molecule has 0 bridgehead atoms. The highest BCUT2D eigenvalue weighted by Gasteiger charge is 2.31. The van der Waals surface area contributed by atoms with Crippen LogP contribution >= 0.6 is 0 Å². The SMILES string of the molecule is CC1=CCN(S(=O)(=O)c2c(C)nn(CCN)c2C)CC1. The van der Waals surface area contributed by atoms with E-state index in [9.17, 15) is 8.42 Å². The smallest absolute Gasteiger partial charge is 0.247 e. The quantitative estimate of drug-likeness (QED) is 0.834. The standard InChI is InChI=1S/C13H22N4O2S/c1-10-4-7-16(8-5-10)20(18,19)13-11(2)15-17(9-6-14)12(13)3/h4H,5-9,14H2,1-3H3. The van der Waals surface area contributed by atoms with E-state index in [-0.39, 0.29) is 0 Å². The average molecular weight is 298 g/mol. The molecule has 0 fully saturated rings. The summed E-state index contributed by atoms with van der Waals surface area (Å²) >= 11 is 0. The van der Waals surface area contributed by atoms with E-state index in [1.165, 1.54) is 9.88 Å². The summed E-state index contributed by atoms with van der Waals surface area (Å²) in [4.78, 5) is 0.332. The molecule has 1 aliphatic heterocycles. The molecule has 0 saturated carbocycles. The van der Waals surface area contributed by atoms with Crippen molar-refractivity contribution in [3.05, 3.63) is 23.0 Å². The van der Waals surface area contributed by atoms with Crippen molar-refractivity contribution in [3.63, 3.8) is 0 Å². The molecule has 0 amide bonds. The zero-order valence-electron chi connectivity index (χ0n) is 12.3. The lowest BCUT2D eigenvalue weighted by atomic mass is 10.1. The van der Waals surface area contributed by atoms with Gasteiger partial charge in [-0.3, -0.25) is 4.68 Å². The lowest BCUT2D eigenvalue weighted by Gasteiger charge is -2.24. The van der Waals surface area contributed by atoms with E-state index in [0.717, 1.165) is 6.42 Å². The third-order valence-electron chi connectivity index (χ3n) is 3.65. The van der Waals surface area contributed by atoms with Gasteiger partial charge < -0.3 is 5.73 Å². The number of aromatic nitrogens is 2. The van der Waals surface area contributed by atoms with Crippen molar-refractivity contribution in [1.82, 2.24) is 14.1 Å². The second-order valence-corrected chi connectivity index (χ2v) is 7.05. The van der Waals surface area contributed by atoms with Crippen molar-refractivity contribution >= 4 is 10.0 Å². The van der Waals surface area contributed by atoms with Gasteiger partial charge in [-0.2, -0.15) is 9.40 Å². The Balaban J connectivity index is 2.40. The Labute approximate surface area is 120 Å². The maximum Gasteiger partial charge on any atom is 0.247 e. The molecule has 1 aliphatic rings. The fourth-order valence-electron chi connectivity index (χ4n) is 2.49. The highest BCUT2D eigenvalue weighted by atomic mass is 32.2. The molecular weight excluding hydrogens is 276 g/mol. The third kappa shape index (κ3) is 2.65. The van der Waals surface area contributed by atoms with Crippen LogP contribution < -0.4 is 5.73 Å². The van der Waals surface area contributed by atoms with Crippen LogP contribution in [-0.4, -0.2) is 42.1 Å². The number of aryl methyl sites for hydroxylation is 1. The van der Waals surface area contributed by atoms with Crippen LogP contribution in [0.2, 0.25) is 0 Å². The maximum absolute atomic E-state index is 12.8. The molecule has 0 radical (unpaired) electrons. The summed E-state index contributed by atoms with van der Waals surface area (Å²) in [5.41, 5.74) is 7.98. The monoisotopic (exact) mass is 298 g/mol. The summed E-state index contributed by atoms with van der Waals surface area (Å²) in [6.45, 7) is 7.49. The van der Waals surface area contributed by atoms with Gasteiger partial charge in [0.2, 0.25) is 10.0 Å². The van der Waals surface area contributed by atoms with Crippen molar-refractivity contribution in [2.75, 3.05) is 19.6 Å². The summed E-state index contributed by atoms with van der Waals surface area (Å²) in [6.07, 6.45) is 2.75. The number of rotatable bonds is 4. The number of sulfonamides is 1. The lowest BCUT2D eigenvalue weighted by molar-refractivity contribution is 0.430. The van der Waals surface area contributed by atoms with E-state index in [2.05, 4.69) is 5.10 Å². The van der Waals surface area contributed by atoms with Crippen molar-refractivity contribution in [3.8, 4) is 0 Å². The molecule has 0 saturated heterocycles. The van der Waals surface area contributed by atoms with E-state index in [0.29, 0.717) is 42.5 Å². The zero-order chi connectivity index (χ0) is 14.9. The van der Waals surface area contributed by atoms with Crippen LogP contribution in [0, 0.1) is 13.8 Å². The molecule has 2 rings (SSSR count). The van der Waals surface area contributed by atoms with E-state index in [1.807, 2.05) is 13.0 Å². The first-order valence-corrected chi connectivity index (χ1v) is 8.21. The highest BCUT2D eigenvalue weighted by Crippen LogP contribution is 2.25. The Morgan fingerprint density at radius 1 is 1.35 bits per heavy atom. The minimum absolute atomic E-state index is 0.332. The average Bonchev–Trinajstić information content (AvgIpc) is 2.66. The van der Waals surface area contributed by atoms with E-state index >= 15 is 0 Å². The maximum atomic E-state index is 12.8. The van der Waals surface area contributed by atoms with Gasteiger partial charge in [0.1, 0.15) is 4.90 Å². The Morgan fingerprint density at radius 3 is 2.60 bits per heavy atom. The van der Waals surface area contributed by atoms with Crippen LogP contribution in [0.4, 0.5) is 0 Å². The molecule has 1 aromatic rings. The molecule has 0 unspecified atom stereocenters. The van der Waals surface area contributed by atoms with Crippen molar-refractivity contribution in [2.24, 2.45) is 5.73 Å². The van der Waals surface area contributed by atoms with Gasteiger partial charge in [-0.25, -0.2) is 8.42 Å². The number of hydrogen-bond acceptors (Lipinski definition) is 4. The van der Waals surface area contributed by atoms with Crippen molar-refractivity contribution in [2.45, 2.75) is 38.6 Å². The first-order valence-electron chi connectivity index (χ1n) is 6.77. The zero-order valence-corrected chi connectivity index (χ0v) is 13.1. The van der Waals surface area contributed by atoms with Crippen molar-refractivity contribution < 1.29 is 8.42 Å². The highest BCUT2D eigenvalue weighted by molar-refractivity contribution is 7.89. The largest absolute Gasteiger partial charge is 0.329 e. The molecule has 0 spiro atoms. The second kappa shape index (κ2) is 5.67. The molecule has 2 heterocycles. The fourth-order valence-corrected chi connectivity index (χ4v) is 4.25. The van der Waals surface area contributed by atoms with E-state index in [1.54, 1.807) is 18.5 Å². The van der Waals surface area contributed by atoms with Gasteiger partial charge in [0.25, 0.3) is 0 Å². The van der Waals surface area contributed by atoms with Gasteiger partial charge in [0.05, 0.1) is 17.9 Å². The molecule has 0 atom stereocenters. The molecule has 20 heavy (non-hydrogen) atoms. The van der Waals surface area contributed by atoms with Gasteiger partial charge in [0, 0.05) is 19.6 Å². The first kappa shape index (κ1) is 15.2. The molecule has 2 N–H and O–H groups in total. The predicted molar refractivity (Wildman–Crippen MR) is 77.9 cm³/mol. The van der Waals surface area contributed by atoms with Gasteiger partial charge in [-0.15, -0.1) is 0 Å². The molecule has 7 heteroatoms. The van der Waals surface area contributed by atoms with E-state index < -0.39 is 10.0 Å². The minimum Gasteiger partial charge on any atom is -0.329 e. The Bertz CT molecular complexity index is 631. The summed E-state index contributed by atoms with van der Waals surface area (Å²) in [6, 6.07) is 0. The molecular formula is C13H22N4O2S. The van der Waals surface area contributed by atoms with Crippen molar-refractivity contribution in [1.29, 1.82) is 0 Å². The number of nitrogens with zero attached hydrogens (tertiary/aromatic N) is 3. The van der Waals surface area contributed by atoms with E-state index in [4.69, 9.17) is 5.73 Å². The normalized spacial score (nSPS) is 17.3. The molecule has 6 nitrogen and oxygen atoms in total. The third-order valence-corrected chi connectivity index (χ3v) is 5.77. The Morgan fingerprint density at radius 2 is 2.05 bits per heavy atom. The molecule has 0 aromatic carbocycles. The van der Waals surface area contributed by atoms with Gasteiger partial charge in [-0.1, -0.05) is 11.6 Å². The van der Waals surface area contributed by atoms with Gasteiger partial charge in [-0.05, 0) is 27.2 Å². The Hall–Kier alpha value is -1.18. The summed E-state index contributed by atoms with van der Waals surface area (Å²) in [5.74, 6) is 0. The Kier molecular flexibility index (Phi) is 4.31. The van der Waals surface area contributed by atoms with Gasteiger partial charge >= 0.3 is 0 Å². The number of hydrogen-bond donors (Lipinski definition) is 1. The summed E-state index contributed by atoms with van der Waals surface area (Å²) < 4.78 is 28.7. The van der Waals surface area contributed by atoms with Crippen LogP contribution in [0.15, 0.2) is 16.5 Å². The second-order valence-electron chi connectivity index (χ2n) is 5.18. The minimum atomic E-state index is -3.48. The van der Waals surface area contributed by atoms with Crippen LogP contribution in [0.3, 0.4) is 0 Å².